The van der Waals surface area contributed by atoms with Crippen molar-refractivity contribution in [1.82, 2.24) is 9.55 Å². The van der Waals surface area contributed by atoms with E-state index in [1.54, 1.807) is 0 Å². The number of nitrogens with zero attached hydrogens (tertiary/aromatic N) is 2. The predicted octanol–water partition coefficient (Wildman–Crippen LogP) is 5.16. The minimum Gasteiger partial charge on any atom is -0.327 e. The van der Waals surface area contributed by atoms with Crippen LogP contribution >= 0.6 is 15.9 Å². The van der Waals surface area contributed by atoms with Crippen LogP contribution < -0.4 is 0 Å². The average molecular weight is 333 g/mol. The molecular weight excluding hydrogens is 312 g/mol. The van der Waals surface area contributed by atoms with Crippen molar-refractivity contribution in [2.75, 3.05) is 0 Å². The minimum atomic E-state index is 0.630. The maximum absolute atomic E-state index is 4.74. The van der Waals surface area contributed by atoms with Gasteiger partial charge in [0.2, 0.25) is 0 Å². The lowest BCUT2D eigenvalue weighted by molar-refractivity contribution is 0.535. The van der Waals surface area contributed by atoms with Gasteiger partial charge in [0.1, 0.15) is 10.4 Å². The second kappa shape index (κ2) is 5.72. The molecule has 3 heteroatoms. The number of halogens is 1. The molecule has 2 nitrogen and oxygen atoms in total. The van der Waals surface area contributed by atoms with Crippen molar-refractivity contribution in [2.45, 2.75) is 52.0 Å². The summed E-state index contributed by atoms with van der Waals surface area (Å²) in [5, 5.41) is 0. The maximum Gasteiger partial charge on any atom is 0.141 e. The molecule has 1 atom stereocenters. The second-order valence-corrected chi connectivity index (χ2v) is 6.46. The zero-order valence-corrected chi connectivity index (χ0v) is 13.8. The van der Waals surface area contributed by atoms with Crippen LogP contribution in [0.1, 0.15) is 50.3 Å². The third kappa shape index (κ3) is 2.44. The van der Waals surface area contributed by atoms with E-state index in [0.717, 1.165) is 23.4 Å². The van der Waals surface area contributed by atoms with E-state index in [9.17, 15) is 0 Å². The van der Waals surface area contributed by atoms with Gasteiger partial charge in [-0.15, -0.1) is 0 Å². The van der Waals surface area contributed by atoms with Gasteiger partial charge < -0.3 is 4.57 Å². The quantitative estimate of drug-likeness (QED) is 0.758. The number of imidazole rings is 1. The molecule has 0 aliphatic carbocycles. The van der Waals surface area contributed by atoms with Crippen LogP contribution in [0.15, 0.2) is 28.9 Å². The van der Waals surface area contributed by atoms with Crippen molar-refractivity contribution in [3.05, 3.63) is 40.1 Å². The van der Waals surface area contributed by atoms with E-state index in [-0.39, 0.29) is 0 Å². The molecule has 3 rings (SSSR count). The van der Waals surface area contributed by atoms with Crippen LogP contribution in [0.3, 0.4) is 0 Å². The van der Waals surface area contributed by atoms with E-state index >= 15 is 0 Å². The second-order valence-electron chi connectivity index (χ2n) is 5.71. The molecule has 0 amide bonds. The monoisotopic (exact) mass is 332 g/mol. The van der Waals surface area contributed by atoms with Gasteiger partial charge in [0.15, 0.2) is 0 Å². The Morgan fingerprint density at radius 3 is 2.70 bits per heavy atom. The van der Waals surface area contributed by atoms with E-state index in [0.29, 0.717) is 5.92 Å². The number of rotatable bonds is 3. The van der Waals surface area contributed by atoms with E-state index < -0.39 is 0 Å². The van der Waals surface area contributed by atoms with Gasteiger partial charge in [0.05, 0.1) is 5.69 Å². The molecule has 0 N–H and O–H groups in total. The largest absolute Gasteiger partial charge is 0.327 e. The first-order valence-corrected chi connectivity index (χ1v) is 8.35. The first kappa shape index (κ1) is 13.9. The first-order chi connectivity index (χ1) is 9.70. The molecule has 0 bridgehead atoms. The van der Waals surface area contributed by atoms with E-state index in [1.165, 1.54) is 36.1 Å². The van der Waals surface area contributed by atoms with E-state index in [1.807, 2.05) is 0 Å². The summed E-state index contributed by atoms with van der Waals surface area (Å²) in [6.07, 6.45) is 4.85. The fraction of sp³-hybridized carbons (Fsp3) is 0.471. The van der Waals surface area contributed by atoms with Gasteiger partial charge in [-0.3, -0.25) is 0 Å². The molecule has 0 saturated carbocycles. The highest BCUT2D eigenvalue weighted by atomic mass is 79.9. The molecule has 1 unspecified atom stereocenters. The minimum absolute atomic E-state index is 0.630. The fourth-order valence-corrected chi connectivity index (χ4v) is 3.50. The molecule has 2 heterocycles. The molecule has 0 fully saturated rings. The van der Waals surface area contributed by atoms with Crippen LogP contribution in [0.2, 0.25) is 0 Å². The third-order valence-electron chi connectivity index (χ3n) is 4.42. The van der Waals surface area contributed by atoms with Crippen molar-refractivity contribution in [3.63, 3.8) is 0 Å². The van der Waals surface area contributed by atoms with Crippen molar-refractivity contribution < 1.29 is 0 Å². The Morgan fingerprint density at radius 1 is 1.25 bits per heavy atom. The van der Waals surface area contributed by atoms with Gasteiger partial charge in [-0.25, -0.2) is 4.98 Å². The molecule has 1 aromatic heterocycles. The zero-order valence-electron chi connectivity index (χ0n) is 12.2. The summed E-state index contributed by atoms with van der Waals surface area (Å²) in [5.74, 6) is 1.74. The van der Waals surface area contributed by atoms with Crippen LogP contribution in [0.5, 0.6) is 0 Å². The molecule has 1 aliphatic heterocycles. The summed E-state index contributed by atoms with van der Waals surface area (Å²) >= 11 is 3.62. The zero-order chi connectivity index (χ0) is 14.1. The number of hydrogen-bond acceptors (Lipinski definition) is 1. The molecule has 0 radical (unpaired) electrons. The Balaban J connectivity index is 1.97. The molecule has 1 aliphatic rings. The average Bonchev–Trinajstić information content (AvgIpc) is 2.84. The smallest absolute Gasteiger partial charge is 0.141 e. The third-order valence-corrected chi connectivity index (χ3v) is 5.05. The summed E-state index contributed by atoms with van der Waals surface area (Å²) in [7, 11) is 0. The van der Waals surface area contributed by atoms with Gasteiger partial charge in [-0.05, 0) is 53.1 Å². The van der Waals surface area contributed by atoms with Crippen molar-refractivity contribution >= 4 is 15.9 Å². The number of aromatic nitrogens is 2. The highest BCUT2D eigenvalue weighted by Gasteiger charge is 2.19. The Kier molecular flexibility index (Phi) is 3.97. The molecule has 2 aromatic rings. The Labute approximate surface area is 129 Å². The molecular formula is C17H21BrN2. The molecule has 0 saturated heterocycles. The predicted molar refractivity (Wildman–Crippen MR) is 87.0 cm³/mol. The van der Waals surface area contributed by atoms with Gasteiger partial charge in [0.25, 0.3) is 0 Å². The number of benzene rings is 1. The SMILES string of the molecule is CCC(C)c1ccc(-c2nc(Br)c3n2CCCC3)cc1. The lowest BCUT2D eigenvalue weighted by Crippen LogP contribution is -2.11. The molecule has 20 heavy (non-hydrogen) atoms. The van der Waals surface area contributed by atoms with Gasteiger partial charge in [-0.2, -0.15) is 0 Å². The fourth-order valence-electron chi connectivity index (χ4n) is 2.92. The van der Waals surface area contributed by atoms with Gasteiger partial charge in [0, 0.05) is 12.1 Å². The Morgan fingerprint density at radius 2 is 2.00 bits per heavy atom. The summed E-state index contributed by atoms with van der Waals surface area (Å²) in [6.45, 7) is 5.61. The number of fused-ring (bicyclic) bond motifs is 1. The van der Waals surface area contributed by atoms with E-state index in [2.05, 4.69) is 58.6 Å². The standard InChI is InChI=1S/C17H21BrN2/c1-3-12(2)13-7-9-14(10-8-13)17-19-16(18)15-6-4-5-11-20(15)17/h7-10,12H,3-6,11H2,1-2H3. The highest BCUT2D eigenvalue weighted by molar-refractivity contribution is 9.10. The molecule has 1 aromatic carbocycles. The lowest BCUT2D eigenvalue weighted by atomic mass is 9.97. The van der Waals surface area contributed by atoms with Crippen LogP contribution in [0.25, 0.3) is 11.4 Å². The number of hydrogen-bond donors (Lipinski definition) is 0. The summed E-state index contributed by atoms with van der Waals surface area (Å²) < 4.78 is 3.41. The Hall–Kier alpha value is -1.09. The summed E-state index contributed by atoms with van der Waals surface area (Å²) in [4.78, 5) is 4.74. The topological polar surface area (TPSA) is 17.8 Å². The summed E-state index contributed by atoms with van der Waals surface area (Å²) in [6, 6.07) is 8.94. The molecule has 0 spiro atoms. The summed E-state index contributed by atoms with van der Waals surface area (Å²) in [5.41, 5.74) is 4.00. The maximum atomic E-state index is 4.74. The lowest BCUT2D eigenvalue weighted by Gasteiger charge is -2.17. The van der Waals surface area contributed by atoms with Gasteiger partial charge >= 0.3 is 0 Å². The highest BCUT2D eigenvalue weighted by Crippen LogP contribution is 2.31. The van der Waals surface area contributed by atoms with Crippen LogP contribution in [0.4, 0.5) is 0 Å². The Bertz CT molecular complexity index is 598. The van der Waals surface area contributed by atoms with Crippen LogP contribution in [-0.2, 0) is 13.0 Å². The van der Waals surface area contributed by atoms with Crippen molar-refractivity contribution in [1.29, 1.82) is 0 Å². The van der Waals surface area contributed by atoms with Crippen molar-refractivity contribution in [3.8, 4) is 11.4 Å². The van der Waals surface area contributed by atoms with E-state index in [4.69, 9.17) is 4.98 Å². The molecule has 106 valence electrons. The van der Waals surface area contributed by atoms with Gasteiger partial charge in [-0.1, -0.05) is 38.1 Å². The van der Waals surface area contributed by atoms with Crippen molar-refractivity contribution in [2.24, 2.45) is 0 Å². The normalized spacial score (nSPS) is 15.9. The first-order valence-electron chi connectivity index (χ1n) is 7.56. The van der Waals surface area contributed by atoms with Crippen LogP contribution in [0, 0.1) is 0 Å². The van der Waals surface area contributed by atoms with Crippen LogP contribution in [-0.4, -0.2) is 9.55 Å².